The maximum absolute atomic E-state index is 11.6. The third-order valence-corrected chi connectivity index (χ3v) is 3.79. The van der Waals surface area contributed by atoms with Crippen LogP contribution in [0.5, 0.6) is 0 Å². The molecule has 1 rings (SSSR count). The second-order valence-corrected chi connectivity index (χ2v) is 6.01. The highest BCUT2D eigenvalue weighted by Gasteiger charge is 2.13. The normalized spacial score (nSPS) is 9.17. The lowest BCUT2D eigenvalue weighted by Gasteiger charge is -2.04. The Morgan fingerprint density at radius 3 is 1.96 bits per heavy atom. The summed E-state index contributed by atoms with van der Waals surface area (Å²) in [4.78, 5) is 0.179. The smallest absolute Gasteiger partial charge is 0.266 e. The van der Waals surface area contributed by atoms with E-state index in [1.807, 2.05) is 6.92 Å². The third-order valence-electron chi connectivity index (χ3n) is 2.47. The molecule has 0 heterocycles. The summed E-state index contributed by atoms with van der Waals surface area (Å²) < 4.78 is 39.2. The van der Waals surface area contributed by atoms with Crippen LogP contribution in [0, 0.1) is 31.6 Å². The van der Waals surface area contributed by atoms with Gasteiger partial charge in [-0.15, -0.1) is 24.7 Å². The zero-order chi connectivity index (χ0) is 16.8. The zero-order valence-electron chi connectivity index (χ0n) is 12.7. The quantitative estimate of drug-likeness (QED) is 0.402. The predicted molar refractivity (Wildman–Crippen MR) is 99.9 cm³/mol. The third kappa shape index (κ3) is 12.7. The number of halogens is 1. The van der Waals surface area contributed by atoms with Crippen LogP contribution in [0.4, 0.5) is 4.39 Å². The largest absolute Gasteiger partial charge is 0.296 e. The summed E-state index contributed by atoms with van der Waals surface area (Å²) in [5.41, 5.74) is 1.01. The average molecular weight is 356 g/mol. The molecule has 0 fully saturated rings. The minimum Gasteiger partial charge on any atom is -0.266 e. The van der Waals surface area contributed by atoms with Crippen molar-refractivity contribution in [1.82, 2.24) is 0 Å². The fourth-order valence-electron chi connectivity index (χ4n) is 1.28. The lowest BCUT2D eigenvalue weighted by Crippen LogP contribution is -2.07. The molecule has 0 amide bonds. The maximum atomic E-state index is 11.6. The Labute approximate surface area is 147 Å². The van der Waals surface area contributed by atoms with Crippen molar-refractivity contribution in [3.63, 3.8) is 0 Å². The van der Waals surface area contributed by atoms with Crippen molar-refractivity contribution in [2.75, 3.05) is 13.3 Å². The molecule has 0 aliphatic heterocycles. The van der Waals surface area contributed by atoms with Crippen LogP contribution in [0.15, 0.2) is 29.2 Å². The van der Waals surface area contributed by atoms with Gasteiger partial charge in [-0.3, -0.25) is 8.57 Å². The maximum Gasteiger partial charge on any atom is 0.296 e. The summed E-state index contributed by atoms with van der Waals surface area (Å²) in [5, 5.41) is 0. The topological polar surface area (TPSA) is 43.4 Å². The van der Waals surface area contributed by atoms with Gasteiger partial charge in [0.05, 0.1) is 18.2 Å². The number of terminal acetylenes is 2. The number of aryl methyl sites for hydroxylation is 1. The second kappa shape index (κ2) is 16.1. The van der Waals surface area contributed by atoms with Crippen LogP contribution >= 0.6 is 0 Å². The predicted octanol–water partition coefficient (Wildman–Crippen LogP) is 4.76. The minimum absolute atomic E-state index is 0. The molecule has 3 nitrogen and oxygen atoms in total. The first-order valence-electron chi connectivity index (χ1n) is 6.87. The average Bonchev–Trinajstić information content (AvgIpc) is 2.50. The molecule has 0 unspecified atom stereocenters. The van der Waals surface area contributed by atoms with Crippen LogP contribution in [0.1, 0.15) is 46.1 Å². The van der Waals surface area contributed by atoms with Crippen molar-refractivity contribution in [3.8, 4) is 24.7 Å². The highest BCUT2D eigenvalue weighted by Crippen LogP contribution is 2.13. The first-order chi connectivity index (χ1) is 10.5. The van der Waals surface area contributed by atoms with Gasteiger partial charge in [0.1, 0.15) is 0 Å². The molecule has 0 aromatic heterocycles. The standard InChI is InChI=1S/C12H14O3S.C5H7F.2CH4/c1-3-4-5-10-15-16(13,14)12-8-6-11(2)7-9-12;1-2-3-4-5-6;;/h1,6-9H,4-5,10H2,2H3;1H,3-5H2;2*1H4/i;6-1;;. The Morgan fingerprint density at radius 2 is 1.54 bits per heavy atom. The van der Waals surface area contributed by atoms with E-state index in [0.717, 1.165) is 5.56 Å². The SMILES string of the molecule is C.C.C#CCCCOS(=O)(=O)c1ccc(C)cc1.C#CCCC[18F]. The lowest BCUT2D eigenvalue weighted by atomic mass is 10.2. The van der Waals surface area contributed by atoms with Crippen molar-refractivity contribution in [2.24, 2.45) is 0 Å². The Balaban J connectivity index is -0.000000478. The summed E-state index contributed by atoms with van der Waals surface area (Å²) in [6, 6.07) is 6.53. The lowest BCUT2D eigenvalue weighted by molar-refractivity contribution is 0.314. The molecule has 24 heavy (non-hydrogen) atoms. The van der Waals surface area contributed by atoms with Gasteiger partial charge in [0.15, 0.2) is 0 Å². The fourth-order valence-corrected chi connectivity index (χ4v) is 2.23. The molecule has 0 saturated heterocycles. The van der Waals surface area contributed by atoms with E-state index in [0.29, 0.717) is 25.7 Å². The molecule has 0 atom stereocenters. The molecular weight excluding hydrogens is 326 g/mol. The Bertz CT molecular complexity index is 593. The molecule has 1 aromatic carbocycles. The van der Waals surface area contributed by atoms with Gasteiger partial charge in [-0.1, -0.05) is 32.5 Å². The van der Waals surface area contributed by atoms with E-state index >= 15 is 0 Å². The molecule has 0 N–H and O–H groups in total. The van der Waals surface area contributed by atoms with Gasteiger partial charge in [0.25, 0.3) is 10.1 Å². The summed E-state index contributed by atoms with van der Waals surface area (Å²) in [7, 11) is -3.63. The zero-order valence-corrected chi connectivity index (χ0v) is 13.5. The molecule has 0 radical (unpaired) electrons. The van der Waals surface area contributed by atoms with E-state index in [4.69, 9.17) is 17.0 Å². The molecule has 0 spiro atoms. The summed E-state index contributed by atoms with van der Waals surface area (Å²) in [5.74, 6) is 4.75. The van der Waals surface area contributed by atoms with Crippen molar-refractivity contribution in [1.29, 1.82) is 0 Å². The summed E-state index contributed by atoms with van der Waals surface area (Å²) in [6.07, 6.45) is 12.0. The van der Waals surface area contributed by atoms with E-state index in [1.165, 1.54) is 12.1 Å². The van der Waals surface area contributed by atoms with E-state index < -0.39 is 10.1 Å². The van der Waals surface area contributed by atoms with E-state index in [-0.39, 0.29) is 33.0 Å². The number of alkyl halides is 1. The van der Waals surface area contributed by atoms with Gasteiger partial charge in [-0.2, -0.15) is 8.42 Å². The van der Waals surface area contributed by atoms with Crippen molar-refractivity contribution in [2.45, 2.75) is 52.4 Å². The number of hydrogen-bond donors (Lipinski definition) is 0. The number of benzene rings is 1. The van der Waals surface area contributed by atoms with Gasteiger partial charge in [-0.05, 0) is 31.9 Å². The molecule has 1 aromatic rings. The van der Waals surface area contributed by atoms with Crippen LogP contribution in [-0.4, -0.2) is 21.7 Å². The summed E-state index contributed by atoms with van der Waals surface area (Å²) >= 11 is 0. The van der Waals surface area contributed by atoms with Crippen LogP contribution in [0.2, 0.25) is 0 Å². The fraction of sp³-hybridized carbons (Fsp3) is 0.474. The van der Waals surface area contributed by atoms with Crippen LogP contribution in [0.25, 0.3) is 0 Å². The Hall–Kier alpha value is -1.82. The van der Waals surface area contributed by atoms with Gasteiger partial charge in [0, 0.05) is 12.8 Å². The molecule has 5 heteroatoms. The van der Waals surface area contributed by atoms with E-state index in [1.54, 1.807) is 12.1 Å². The highest BCUT2D eigenvalue weighted by atomic mass is 32.2. The Kier molecular flexibility index (Phi) is 18.1. The first-order valence-corrected chi connectivity index (χ1v) is 8.27. The first kappa shape index (κ1) is 27.0. The van der Waals surface area contributed by atoms with Crippen LogP contribution in [0.3, 0.4) is 0 Å². The second-order valence-electron chi connectivity index (χ2n) is 4.39. The van der Waals surface area contributed by atoms with Crippen molar-refractivity contribution in [3.05, 3.63) is 29.8 Å². The number of unbranched alkanes of at least 4 members (excludes halogenated alkanes) is 2. The Morgan fingerprint density at radius 1 is 1.04 bits per heavy atom. The molecule has 0 aliphatic carbocycles. The van der Waals surface area contributed by atoms with Crippen molar-refractivity contribution >= 4 is 10.1 Å². The summed E-state index contributed by atoms with van der Waals surface area (Å²) in [6.45, 7) is 1.73. The molecule has 0 bridgehead atoms. The van der Waals surface area contributed by atoms with Gasteiger partial charge >= 0.3 is 0 Å². The minimum atomic E-state index is -3.63. The molecule has 0 aliphatic rings. The number of hydrogen-bond acceptors (Lipinski definition) is 3. The molecule has 0 saturated carbocycles. The van der Waals surface area contributed by atoms with Crippen LogP contribution < -0.4 is 0 Å². The van der Waals surface area contributed by atoms with E-state index in [2.05, 4.69) is 11.8 Å². The van der Waals surface area contributed by atoms with E-state index in [9.17, 15) is 12.8 Å². The molecular formula is C19H29FO3S. The van der Waals surface area contributed by atoms with Gasteiger partial charge in [0.2, 0.25) is 0 Å². The number of rotatable bonds is 7. The monoisotopic (exact) mass is 355 g/mol. The van der Waals surface area contributed by atoms with Crippen LogP contribution in [-0.2, 0) is 14.3 Å². The highest BCUT2D eigenvalue weighted by molar-refractivity contribution is 7.86. The van der Waals surface area contributed by atoms with Gasteiger partial charge < -0.3 is 0 Å². The van der Waals surface area contributed by atoms with Gasteiger partial charge in [-0.25, -0.2) is 0 Å². The van der Waals surface area contributed by atoms with Crippen molar-refractivity contribution < 1.29 is 17.0 Å². The molecule has 136 valence electrons.